The number of hydrogen-bond donors (Lipinski definition) is 0. The molecule has 1 fully saturated rings. The van der Waals surface area contributed by atoms with E-state index in [1.165, 1.54) is 55.6 Å². The van der Waals surface area contributed by atoms with E-state index in [0.717, 1.165) is 23.8 Å². The summed E-state index contributed by atoms with van der Waals surface area (Å²) < 4.78 is 0. The fourth-order valence-corrected chi connectivity index (χ4v) is 4.30. The molecular formula is C20H34S. The molecule has 0 aromatic heterocycles. The van der Waals surface area contributed by atoms with E-state index < -0.39 is 0 Å². The van der Waals surface area contributed by atoms with Gasteiger partial charge in [0.25, 0.3) is 0 Å². The number of rotatable bonds is 9. The lowest BCUT2D eigenvalue weighted by molar-refractivity contribution is 0.258. The third-order valence-corrected chi connectivity index (χ3v) is 5.47. The van der Waals surface area contributed by atoms with Crippen LogP contribution in [-0.4, -0.2) is 5.75 Å². The smallest absolute Gasteiger partial charge is 0.00320 e. The molecule has 0 aromatic rings. The number of thioether (sulfide) groups is 1. The lowest BCUT2D eigenvalue weighted by atomic mass is 9.79. The van der Waals surface area contributed by atoms with E-state index in [2.05, 4.69) is 45.6 Å². The van der Waals surface area contributed by atoms with Crippen LogP contribution in [0.5, 0.6) is 0 Å². The predicted molar refractivity (Wildman–Crippen MR) is 99.8 cm³/mol. The molecule has 120 valence electrons. The molecule has 0 bridgehead atoms. The van der Waals surface area contributed by atoms with Gasteiger partial charge in [0.15, 0.2) is 0 Å². The maximum Gasteiger partial charge on any atom is 0.00320 e. The molecule has 0 heterocycles. The van der Waals surface area contributed by atoms with Crippen LogP contribution < -0.4 is 0 Å². The highest BCUT2D eigenvalue weighted by Crippen LogP contribution is 2.34. The quantitative estimate of drug-likeness (QED) is 0.408. The molecule has 1 aliphatic carbocycles. The molecule has 0 aromatic carbocycles. The fraction of sp³-hybridized carbons (Fsp3) is 0.700. The Balaban J connectivity index is 2.25. The van der Waals surface area contributed by atoms with Crippen molar-refractivity contribution in [2.24, 2.45) is 11.8 Å². The van der Waals surface area contributed by atoms with Crippen LogP contribution in [0.25, 0.3) is 0 Å². The SMILES string of the molecule is C=C(C)/C=C\C(=C/CC)SCCC1CCC(CCC)CC1. The molecule has 0 nitrogen and oxygen atoms in total. The Bertz CT molecular complexity index is 343. The Labute approximate surface area is 137 Å². The molecule has 1 heteroatoms. The van der Waals surface area contributed by atoms with Crippen molar-refractivity contribution >= 4 is 11.8 Å². The summed E-state index contributed by atoms with van der Waals surface area (Å²) in [6.45, 7) is 10.5. The zero-order chi connectivity index (χ0) is 15.5. The largest absolute Gasteiger partial charge is 0.126 e. The molecule has 1 saturated carbocycles. The minimum Gasteiger partial charge on any atom is -0.126 e. The lowest BCUT2D eigenvalue weighted by Gasteiger charge is -2.28. The van der Waals surface area contributed by atoms with Crippen LogP contribution in [0.15, 0.2) is 35.3 Å². The van der Waals surface area contributed by atoms with Gasteiger partial charge in [0.05, 0.1) is 0 Å². The molecule has 21 heavy (non-hydrogen) atoms. The second-order valence-corrected chi connectivity index (χ2v) is 7.68. The van der Waals surface area contributed by atoms with E-state index in [1.54, 1.807) is 0 Å². The van der Waals surface area contributed by atoms with E-state index >= 15 is 0 Å². The van der Waals surface area contributed by atoms with Gasteiger partial charge in [-0.3, -0.25) is 0 Å². The molecule has 0 spiro atoms. The second kappa shape index (κ2) is 11.2. The molecule has 0 unspecified atom stereocenters. The van der Waals surface area contributed by atoms with E-state index in [4.69, 9.17) is 0 Å². The van der Waals surface area contributed by atoms with Crippen LogP contribution >= 0.6 is 11.8 Å². The third kappa shape index (κ3) is 8.56. The van der Waals surface area contributed by atoms with Gasteiger partial charge in [0, 0.05) is 4.91 Å². The number of allylic oxidation sites excluding steroid dienone is 4. The summed E-state index contributed by atoms with van der Waals surface area (Å²) in [6, 6.07) is 0. The molecule has 1 rings (SSSR count). The van der Waals surface area contributed by atoms with Crippen molar-refractivity contribution in [3.8, 4) is 0 Å². The monoisotopic (exact) mass is 306 g/mol. The highest BCUT2D eigenvalue weighted by atomic mass is 32.2. The van der Waals surface area contributed by atoms with Gasteiger partial charge in [0.1, 0.15) is 0 Å². The topological polar surface area (TPSA) is 0 Å². The first-order valence-electron chi connectivity index (χ1n) is 8.82. The van der Waals surface area contributed by atoms with Gasteiger partial charge in [-0.25, -0.2) is 0 Å². The summed E-state index contributed by atoms with van der Waals surface area (Å²) in [6.07, 6.45) is 17.9. The first-order chi connectivity index (χ1) is 10.2. The first-order valence-corrected chi connectivity index (χ1v) is 9.80. The van der Waals surface area contributed by atoms with Crippen molar-refractivity contribution in [1.29, 1.82) is 0 Å². The second-order valence-electron chi connectivity index (χ2n) is 6.51. The molecule has 0 radical (unpaired) electrons. The Hall–Kier alpha value is -0.430. The van der Waals surface area contributed by atoms with Crippen LogP contribution in [0.2, 0.25) is 0 Å². The van der Waals surface area contributed by atoms with Crippen LogP contribution in [0.4, 0.5) is 0 Å². The van der Waals surface area contributed by atoms with Gasteiger partial charge >= 0.3 is 0 Å². The van der Waals surface area contributed by atoms with Crippen LogP contribution in [0.1, 0.15) is 72.1 Å². The van der Waals surface area contributed by atoms with E-state index in [1.807, 2.05) is 11.8 Å². The summed E-state index contributed by atoms with van der Waals surface area (Å²) in [5.74, 6) is 3.29. The van der Waals surface area contributed by atoms with Crippen LogP contribution in [0.3, 0.4) is 0 Å². The van der Waals surface area contributed by atoms with Gasteiger partial charge in [-0.15, -0.1) is 11.8 Å². The van der Waals surface area contributed by atoms with Crippen molar-refractivity contribution in [1.82, 2.24) is 0 Å². The van der Waals surface area contributed by atoms with Crippen molar-refractivity contribution in [3.05, 3.63) is 35.3 Å². The Morgan fingerprint density at radius 1 is 1.05 bits per heavy atom. The van der Waals surface area contributed by atoms with Crippen molar-refractivity contribution in [3.63, 3.8) is 0 Å². The predicted octanol–water partition coefficient (Wildman–Crippen LogP) is 7.14. The van der Waals surface area contributed by atoms with Gasteiger partial charge in [-0.1, -0.05) is 76.7 Å². The maximum absolute atomic E-state index is 3.94. The summed E-state index contributed by atoms with van der Waals surface area (Å²) in [7, 11) is 0. The third-order valence-electron chi connectivity index (χ3n) is 4.40. The molecule has 0 aliphatic heterocycles. The Morgan fingerprint density at radius 3 is 2.19 bits per heavy atom. The summed E-state index contributed by atoms with van der Waals surface area (Å²) in [4.78, 5) is 1.42. The standard InChI is InChI=1S/C20H34S/c1-5-7-18-10-12-19(13-11-18)15-16-21-20(8-6-2)14-9-17(3)4/h8-9,14,18-19H,3,5-7,10-13,15-16H2,1-2,4H3/b14-9-,20-8+. The highest BCUT2D eigenvalue weighted by Gasteiger charge is 2.20. The van der Waals surface area contributed by atoms with Gasteiger partial charge in [-0.2, -0.15) is 0 Å². The fourth-order valence-electron chi connectivity index (χ4n) is 3.16. The maximum atomic E-state index is 3.94. The first kappa shape index (κ1) is 18.6. The van der Waals surface area contributed by atoms with E-state index in [0.29, 0.717) is 0 Å². The van der Waals surface area contributed by atoms with Gasteiger partial charge in [0.2, 0.25) is 0 Å². The van der Waals surface area contributed by atoms with Crippen molar-refractivity contribution in [2.75, 3.05) is 5.75 Å². The molecule has 0 saturated heterocycles. The normalized spacial score (nSPS) is 23.7. The molecule has 0 atom stereocenters. The minimum absolute atomic E-state index is 0.985. The van der Waals surface area contributed by atoms with E-state index in [9.17, 15) is 0 Å². The highest BCUT2D eigenvalue weighted by molar-refractivity contribution is 8.03. The lowest BCUT2D eigenvalue weighted by Crippen LogP contribution is -2.15. The average Bonchev–Trinajstić information content (AvgIpc) is 2.47. The van der Waals surface area contributed by atoms with Crippen LogP contribution in [-0.2, 0) is 0 Å². The Kier molecular flexibility index (Phi) is 9.91. The molecule has 0 amide bonds. The molecule has 0 N–H and O–H groups in total. The van der Waals surface area contributed by atoms with Gasteiger partial charge in [-0.05, 0) is 43.4 Å². The van der Waals surface area contributed by atoms with E-state index in [-0.39, 0.29) is 0 Å². The van der Waals surface area contributed by atoms with Gasteiger partial charge < -0.3 is 0 Å². The minimum atomic E-state index is 0.985. The van der Waals surface area contributed by atoms with Crippen LogP contribution in [0, 0.1) is 11.8 Å². The van der Waals surface area contributed by atoms with Crippen molar-refractivity contribution in [2.45, 2.75) is 72.1 Å². The summed E-state index contributed by atoms with van der Waals surface area (Å²) in [5.41, 5.74) is 1.13. The zero-order valence-corrected chi connectivity index (χ0v) is 15.2. The summed E-state index contributed by atoms with van der Waals surface area (Å²) in [5, 5.41) is 0. The average molecular weight is 307 g/mol. The molecular weight excluding hydrogens is 272 g/mol. The molecule has 1 aliphatic rings. The summed E-state index contributed by atoms with van der Waals surface area (Å²) >= 11 is 2.03. The Morgan fingerprint density at radius 2 is 1.67 bits per heavy atom. The van der Waals surface area contributed by atoms with Crippen molar-refractivity contribution < 1.29 is 0 Å². The number of hydrogen-bond acceptors (Lipinski definition) is 1. The zero-order valence-electron chi connectivity index (χ0n) is 14.4.